The molecule has 0 aliphatic carbocycles. The third-order valence-corrected chi connectivity index (χ3v) is 12.7. The minimum Gasteiger partial charge on any atom is -0.452 e. The average molecular weight is 871 g/mol. The Morgan fingerprint density at radius 3 is 1.21 bits per heavy atom. The molecule has 0 N–H and O–H groups in total. The van der Waals surface area contributed by atoms with Gasteiger partial charge in [-0.15, -0.1) is 0 Å². The molecule has 318 valence electrons. The number of aromatic nitrogens is 4. The van der Waals surface area contributed by atoms with Crippen LogP contribution in [0, 0.1) is 0 Å². The van der Waals surface area contributed by atoms with Crippen LogP contribution in [0.2, 0.25) is 0 Å². The van der Waals surface area contributed by atoms with Gasteiger partial charge in [0.05, 0.1) is 0 Å². The fourth-order valence-corrected chi connectivity index (χ4v) is 9.48. The summed E-state index contributed by atoms with van der Waals surface area (Å²) in [6.45, 7) is 0. The molecule has 0 aliphatic heterocycles. The van der Waals surface area contributed by atoms with Crippen LogP contribution in [0.5, 0.6) is 0 Å². The van der Waals surface area contributed by atoms with E-state index in [4.69, 9.17) is 28.8 Å². The van der Waals surface area contributed by atoms with Crippen LogP contribution in [0.25, 0.3) is 134 Å². The first-order chi connectivity index (χ1) is 33.7. The van der Waals surface area contributed by atoms with Gasteiger partial charge in [0.25, 0.3) is 0 Å². The highest BCUT2D eigenvalue weighted by atomic mass is 16.3. The molecule has 0 amide bonds. The van der Waals surface area contributed by atoms with E-state index in [-0.39, 0.29) is 0 Å². The van der Waals surface area contributed by atoms with Crippen LogP contribution in [0.15, 0.2) is 239 Å². The van der Waals surface area contributed by atoms with Crippen molar-refractivity contribution in [3.05, 3.63) is 231 Å². The summed E-state index contributed by atoms with van der Waals surface area (Å²) in [5, 5.41) is 1.89. The van der Waals surface area contributed by atoms with E-state index < -0.39 is 0 Å². The van der Waals surface area contributed by atoms with Crippen LogP contribution >= 0.6 is 0 Å². The minimum atomic E-state index is 0.612. The average Bonchev–Trinajstić information content (AvgIpc) is 4.00. The van der Waals surface area contributed by atoms with Gasteiger partial charge in [-0.25, -0.2) is 19.9 Å². The summed E-state index contributed by atoms with van der Waals surface area (Å²) >= 11 is 0. The van der Waals surface area contributed by atoms with Gasteiger partial charge in [0.1, 0.15) is 33.6 Å². The van der Waals surface area contributed by atoms with Crippen LogP contribution in [0.1, 0.15) is 0 Å². The Morgan fingerprint density at radius 2 is 0.632 bits per heavy atom. The Balaban J connectivity index is 0.951. The van der Waals surface area contributed by atoms with Gasteiger partial charge >= 0.3 is 0 Å². The van der Waals surface area contributed by atoms with E-state index in [0.29, 0.717) is 22.8 Å². The van der Waals surface area contributed by atoms with E-state index in [9.17, 15) is 0 Å². The van der Waals surface area contributed by atoms with E-state index in [0.717, 1.165) is 111 Å². The first-order valence-corrected chi connectivity index (χ1v) is 22.7. The van der Waals surface area contributed by atoms with Crippen LogP contribution < -0.4 is 0 Å². The van der Waals surface area contributed by atoms with Crippen molar-refractivity contribution in [1.29, 1.82) is 0 Å². The molecule has 0 saturated heterocycles. The molecule has 4 aromatic heterocycles. The lowest BCUT2D eigenvalue weighted by Gasteiger charge is -2.15. The normalized spacial score (nSPS) is 11.5. The molecule has 9 aromatic carbocycles. The zero-order valence-corrected chi connectivity index (χ0v) is 36.5. The van der Waals surface area contributed by atoms with Gasteiger partial charge < -0.3 is 8.83 Å². The summed E-state index contributed by atoms with van der Waals surface area (Å²) in [5.41, 5.74) is 18.2. The summed E-state index contributed by atoms with van der Waals surface area (Å²) in [6.07, 6.45) is 0. The Kier molecular flexibility index (Phi) is 9.39. The Bertz CT molecular complexity index is 4040. The standard InChI is InChI=1S/C62H38N4O2/c1-3-18-39(19-4-1)41-22-15-25-44(36-41)55-59-57(51-32-11-13-34-53(51)67-59)65-61(63-55)46-27-17-24-43(38-46)47-28-7-8-29-48(47)49-30-9-10-31-50(49)62-64-56(60-58(66-62)52-33-12-14-35-54(52)68-60)45-26-16-23-42(37-45)40-20-5-2-6-21-40/h1-38H. The van der Waals surface area contributed by atoms with Gasteiger partial charge in [-0.2, -0.15) is 0 Å². The van der Waals surface area contributed by atoms with Gasteiger partial charge in [0.2, 0.25) is 0 Å². The maximum atomic E-state index is 6.57. The molecule has 0 atom stereocenters. The maximum Gasteiger partial charge on any atom is 0.180 e. The second kappa shape index (κ2) is 16.3. The SMILES string of the molecule is c1ccc(-c2cccc(-c3nc(-c4cccc(-c5ccccc5-c5ccccc5-c5nc(-c6cccc(-c7ccccc7)c6)c6oc7ccccc7c6n5)c4)nc4c3oc3ccccc34)c2)cc1. The van der Waals surface area contributed by atoms with Crippen molar-refractivity contribution in [1.82, 2.24) is 19.9 Å². The number of hydrogen-bond donors (Lipinski definition) is 0. The lowest BCUT2D eigenvalue weighted by atomic mass is 9.91. The van der Waals surface area contributed by atoms with Crippen molar-refractivity contribution < 1.29 is 8.83 Å². The monoisotopic (exact) mass is 870 g/mol. The molecule has 6 heteroatoms. The van der Waals surface area contributed by atoms with E-state index >= 15 is 0 Å². The molecule has 13 rings (SSSR count). The highest BCUT2D eigenvalue weighted by Gasteiger charge is 2.23. The molecular formula is C62H38N4O2. The number of para-hydroxylation sites is 2. The molecule has 0 spiro atoms. The molecular weight excluding hydrogens is 833 g/mol. The highest BCUT2D eigenvalue weighted by molar-refractivity contribution is 6.09. The molecule has 0 radical (unpaired) electrons. The minimum absolute atomic E-state index is 0.612. The van der Waals surface area contributed by atoms with Crippen LogP contribution in [-0.4, -0.2) is 19.9 Å². The van der Waals surface area contributed by atoms with Crippen molar-refractivity contribution in [3.63, 3.8) is 0 Å². The molecule has 0 unspecified atom stereocenters. The van der Waals surface area contributed by atoms with Crippen molar-refractivity contribution in [2.24, 2.45) is 0 Å². The topological polar surface area (TPSA) is 77.8 Å². The number of rotatable bonds is 8. The Labute approximate surface area is 391 Å². The summed E-state index contributed by atoms with van der Waals surface area (Å²) < 4.78 is 13.1. The molecule has 0 aliphatic rings. The third-order valence-electron chi connectivity index (χ3n) is 12.7. The smallest absolute Gasteiger partial charge is 0.180 e. The van der Waals surface area contributed by atoms with Crippen LogP contribution in [-0.2, 0) is 0 Å². The molecule has 6 nitrogen and oxygen atoms in total. The largest absolute Gasteiger partial charge is 0.452 e. The Morgan fingerprint density at radius 1 is 0.250 bits per heavy atom. The first kappa shape index (κ1) is 39.1. The highest BCUT2D eigenvalue weighted by Crippen LogP contribution is 2.42. The predicted octanol–water partition coefficient (Wildman–Crippen LogP) is 16.4. The number of fused-ring (bicyclic) bond motifs is 6. The van der Waals surface area contributed by atoms with Gasteiger partial charge in [-0.1, -0.05) is 188 Å². The van der Waals surface area contributed by atoms with E-state index in [1.807, 2.05) is 48.5 Å². The zero-order valence-electron chi connectivity index (χ0n) is 36.5. The van der Waals surface area contributed by atoms with E-state index in [2.05, 4.69) is 182 Å². The van der Waals surface area contributed by atoms with Gasteiger partial charge in [-0.3, -0.25) is 0 Å². The van der Waals surface area contributed by atoms with Crippen LogP contribution in [0.4, 0.5) is 0 Å². The summed E-state index contributed by atoms with van der Waals surface area (Å²) in [6, 6.07) is 79.4. The molecule has 0 fully saturated rings. The molecule has 13 aromatic rings. The van der Waals surface area contributed by atoms with Crippen molar-refractivity contribution in [2.75, 3.05) is 0 Å². The second-order valence-electron chi connectivity index (χ2n) is 16.9. The van der Waals surface area contributed by atoms with Gasteiger partial charge in [-0.05, 0) is 87.0 Å². The lowest BCUT2D eigenvalue weighted by molar-refractivity contribution is 0.667. The number of nitrogens with zero attached hydrogens (tertiary/aromatic N) is 4. The number of benzene rings is 9. The summed E-state index contributed by atoms with van der Waals surface area (Å²) in [4.78, 5) is 21.2. The van der Waals surface area contributed by atoms with E-state index in [1.165, 1.54) is 0 Å². The lowest BCUT2D eigenvalue weighted by Crippen LogP contribution is -1.97. The van der Waals surface area contributed by atoms with E-state index in [1.54, 1.807) is 0 Å². The number of furan rings is 2. The molecule has 0 bridgehead atoms. The van der Waals surface area contributed by atoms with Crippen molar-refractivity contribution in [3.8, 4) is 89.8 Å². The first-order valence-electron chi connectivity index (χ1n) is 22.7. The fourth-order valence-electron chi connectivity index (χ4n) is 9.48. The third kappa shape index (κ3) is 6.82. The fraction of sp³-hybridized carbons (Fsp3) is 0. The molecule has 4 heterocycles. The van der Waals surface area contributed by atoms with Crippen LogP contribution in [0.3, 0.4) is 0 Å². The van der Waals surface area contributed by atoms with Crippen molar-refractivity contribution in [2.45, 2.75) is 0 Å². The Hall–Kier alpha value is -9.26. The molecule has 0 saturated carbocycles. The van der Waals surface area contributed by atoms with Crippen molar-refractivity contribution >= 4 is 44.1 Å². The summed E-state index contributed by atoms with van der Waals surface area (Å²) in [7, 11) is 0. The van der Waals surface area contributed by atoms with Gasteiger partial charge in [0.15, 0.2) is 22.8 Å². The second-order valence-corrected chi connectivity index (χ2v) is 16.9. The summed E-state index contributed by atoms with van der Waals surface area (Å²) in [5.74, 6) is 1.23. The number of hydrogen-bond acceptors (Lipinski definition) is 6. The maximum absolute atomic E-state index is 6.57. The van der Waals surface area contributed by atoms with Gasteiger partial charge in [0, 0.05) is 33.0 Å². The molecule has 68 heavy (non-hydrogen) atoms. The zero-order chi connectivity index (χ0) is 45.0. The quantitative estimate of drug-likeness (QED) is 0.151. The predicted molar refractivity (Wildman–Crippen MR) is 276 cm³/mol.